The Morgan fingerprint density at radius 1 is 1.17 bits per heavy atom. The van der Waals surface area contributed by atoms with Crippen molar-refractivity contribution in [3.8, 4) is 0 Å². The van der Waals surface area contributed by atoms with Gasteiger partial charge in [0.25, 0.3) is 0 Å². The van der Waals surface area contributed by atoms with Crippen molar-refractivity contribution in [3.63, 3.8) is 0 Å². The maximum atomic E-state index is 11.9. The molecule has 164 valence electrons. The van der Waals surface area contributed by atoms with Gasteiger partial charge in [0.15, 0.2) is 0 Å². The van der Waals surface area contributed by atoms with Gasteiger partial charge >= 0.3 is 5.97 Å². The first-order valence-corrected chi connectivity index (χ1v) is 12.6. The zero-order valence-corrected chi connectivity index (χ0v) is 19.6. The van der Waals surface area contributed by atoms with Gasteiger partial charge in [0.1, 0.15) is 0 Å². The molecule has 4 aliphatic rings. The van der Waals surface area contributed by atoms with E-state index in [1.165, 1.54) is 51.4 Å². The lowest BCUT2D eigenvalue weighted by Gasteiger charge is -2.58. The fourth-order valence-electron chi connectivity index (χ4n) is 8.60. The van der Waals surface area contributed by atoms with E-state index in [1.807, 2.05) is 12.5 Å². The van der Waals surface area contributed by atoms with E-state index in [0.717, 1.165) is 36.0 Å². The summed E-state index contributed by atoms with van der Waals surface area (Å²) in [6.07, 6.45) is 15.5. The first-order valence-electron chi connectivity index (χ1n) is 12.6. The zero-order valence-electron chi connectivity index (χ0n) is 19.6. The maximum absolute atomic E-state index is 11.9. The van der Waals surface area contributed by atoms with E-state index in [2.05, 4.69) is 33.8 Å². The van der Waals surface area contributed by atoms with Crippen LogP contribution in [0.2, 0.25) is 0 Å². The quantitative estimate of drug-likeness (QED) is 0.361. The Morgan fingerprint density at radius 2 is 1.97 bits per heavy atom. The lowest BCUT2D eigenvalue weighted by atomic mass is 9.46. The molecule has 1 unspecified atom stereocenters. The second-order valence-electron chi connectivity index (χ2n) is 11.7. The van der Waals surface area contributed by atoms with Gasteiger partial charge in [0.2, 0.25) is 0 Å². The summed E-state index contributed by atoms with van der Waals surface area (Å²) in [4.78, 5) is 11.9. The van der Waals surface area contributed by atoms with Crippen LogP contribution < -0.4 is 0 Å². The normalized spacial score (nSPS) is 44.9. The third kappa shape index (κ3) is 3.61. The van der Waals surface area contributed by atoms with Gasteiger partial charge < -0.3 is 4.74 Å². The van der Waals surface area contributed by atoms with Gasteiger partial charge in [-0.3, -0.25) is 4.79 Å². The summed E-state index contributed by atoms with van der Waals surface area (Å²) in [6.45, 7) is 12.5. The van der Waals surface area contributed by atoms with Crippen LogP contribution in [0, 0.1) is 46.3 Å². The zero-order chi connectivity index (χ0) is 20.8. The third-order valence-corrected chi connectivity index (χ3v) is 10.2. The summed E-state index contributed by atoms with van der Waals surface area (Å²) in [7, 11) is 0. The van der Waals surface area contributed by atoms with Crippen molar-refractivity contribution in [2.45, 2.75) is 98.8 Å². The standard InChI is InChI=1S/C27H44O2/c1-6-29-25(28)12-7-19(3)22-10-11-23-21-9-8-20-17-18(2)13-15-26(20,4)24(21)14-16-27(22,23)5/h8,18-19,21-24H,6-7,9-17H2,1-5H3/t18?,19-,21+,22-,23+,24+,26+,27-/m1/s1. The smallest absolute Gasteiger partial charge is 0.305 e. The number of rotatable bonds is 5. The predicted molar refractivity (Wildman–Crippen MR) is 119 cm³/mol. The highest BCUT2D eigenvalue weighted by molar-refractivity contribution is 5.69. The van der Waals surface area contributed by atoms with Gasteiger partial charge in [-0.25, -0.2) is 0 Å². The molecule has 0 bridgehead atoms. The third-order valence-electron chi connectivity index (χ3n) is 10.2. The molecule has 29 heavy (non-hydrogen) atoms. The van der Waals surface area contributed by atoms with E-state index in [4.69, 9.17) is 4.74 Å². The molecular formula is C27H44O2. The van der Waals surface area contributed by atoms with Crippen molar-refractivity contribution >= 4 is 5.97 Å². The molecule has 0 aromatic rings. The highest BCUT2D eigenvalue weighted by Crippen LogP contribution is 2.67. The summed E-state index contributed by atoms with van der Waals surface area (Å²) >= 11 is 0. The average Bonchev–Trinajstić information content (AvgIpc) is 3.04. The van der Waals surface area contributed by atoms with Crippen molar-refractivity contribution in [1.29, 1.82) is 0 Å². The fourth-order valence-corrected chi connectivity index (χ4v) is 8.60. The van der Waals surface area contributed by atoms with Gasteiger partial charge in [0, 0.05) is 6.42 Å². The molecule has 0 N–H and O–H groups in total. The monoisotopic (exact) mass is 400 g/mol. The highest BCUT2D eigenvalue weighted by atomic mass is 16.5. The molecule has 0 aromatic heterocycles. The molecule has 0 heterocycles. The lowest BCUT2D eigenvalue weighted by Crippen LogP contribution is -2.50. The molecule has 0 aromatic carbocycles. The molecule has 0 amide bonds. The predicted octanol–water partition coefficient (Wildman–Crippen LogP) is 7.18. The van der Waals surface area contributed by atoms with Crippen LogP contribution in [0.15, 0.2) is 11.6 Å². The Bertz CT molecular complexity index is 651. The first kappa shape index (κ1) is 21.4. The van der Waals surface area contributed by atoms with E-state index in [0.29, 0.717) is 29.8 Å². The minimum atomic E-state index is -0.00726. The van der Waals surface area contributed by atoms with Crippen molar-refractivity contribution in [3.05, 3.63) is 11.6 Å². The summed E-state index contributed by atoms with van der Waals surface area (Å²) in [5.41, 5.74) is 2.79. The van der Waals surface area contributed by atoms with Crippen LogP contribution in [-0.4, -0.2) is 12.6 Å². The molecule has 0 aliphatic heterocycles. The van der Waals surface area contributed by atoms with Crippen molar-refractivity contribution in [1.82, 2.24) is 0 Å². The molecule has 3 fully saturated rings. The molecule has 3 saturated carbocycles. The Morgan fingerprint density at radius 3 is 2.72 bits per heavy atom. The molecular weight excluding hydrogens is 356 g/mol. The lowest BCUT2D eigenvalue weighted by molar-refractivity contribution is -0.143. The van der Waals surface area contributed by atoms with E-state index in [-0.39, 0.29) is 5.97 Å². The molecule has 4 rings (SSSR count). The highest BCUT2D eigenvalue weighted by Gasteiger charge is 2.58. The molecule has 0 spiro atoms. The van der Waals surface area contributed by atoms with Gasteiger partial charge in [-0.2, -0.15) is 0 Å². The van der Waals surface area contributed by atoms with E-state index in [9.17, 15) is 4.79 Å². The second-order valence-corrected chi connectivity index (χ2v) is 11.7. The van der Waals surface area contributed by atoms with Crippen molar-refractivity contribution < 1.29 is 9.53 Å². The minimum Gasteiger partial charge on any atom is -0.466 e. The Labute approximate surface area is 179 Å². The molecule has 2 nitrogen and oxygen atoms in total. The number of carbonyl (C=O) groups excluding carboxylic acids is 1. The van der Waals surface area contributed by atoms with E-state index in [1.54, 1.807) is 0 Å². The molecule has 8 atom stereocenters. The van der Waals surface area contributed by atoms with Crippen LogP contribution in [-0.2, 0) is 9.53 Å². The summed E-state index contributed by atoms with van der Waals surface area (Å²) < 4.78 is 5.18. The van der Waals surface area contributed by atoms with E-state index < -0.39 is 0 Å². The molecule has 0 radical (unpaired) electrons. The maximum Gasteiger partial charge on any atom is 0.305 e. The Hall–Kier alpha value is -0.790. The Balaban J connectivity index is 1.48. The fraction of sp³-hybridized carbons (Fsp3) is 0.889. The van der Waals surface area contributed by atoms with Crippen LogP contribution in [0.25, 0.3) is 0 Å². The van der Waals surface area contributed by atoms with Crippen LogP contribution >= 0.6 is 0 Å². The largest absolute Gasteiger partial charge is 0.466 e. The summed E-state index contributed by atoms with van der Waals surface area (Å²) in [5.74, 6) is 5.01. The van der Waals surface area contributed by atoms with Crippen LogP contribution in [0.3, 0.4) is 0 Å². The van der Waals surface area contributed by atoms with Crippen LogP contribution in [0.4, 0.5) is 0 Å². The number of hydrogen-bond acceptors (Lipinski definition) is 2. The topological polar surface area (TPSA) is 26.3 Å². The number of fused-ring (bicyclic) bond motifs is 5. The first-order chi connectivity index (χ1) is 13.8. The molecule has 2 heteroatoms. The SMILES string of the molecule is CCOC(=O)CC[C@@H](C)[C@H]1CC[C@H]2[C@@H]3CC=C4CC(C)CC[C@]4(C)[C@H]3CC[C@]12C. The van der Waals surface area contributed by atoms with E-state index >= 15 is 0 Å². The molecule has 4 aliphatic carbocycles. The average molecular weight is 401 g/mol. The second kappa shape index (κ2) is 8.04. The van der Waals surface area contributed by atoms with Gasteiger partial charge in [0.05, 0.1) is 6.61 Å². The van der Waals surface area contributed by atoms with Gasteiger partial charge in [-0.15, -0.1) is 0 Å². The van der Waals surface area contributed by atoms with Gasteiger partial charge in [-0.1, -0.05) is 39.3 Å². The minimum absolute atomic E-state index is 0.00726. The molecule has 0 saturated heterocycles. The van der Waals surface area contributed by atoms with Crippen molar-refractivity contribution in [2.75, 3.05) is 6.61 Å². The Kier molecular flexibility index (Phi) is 5.95. The number of carbonyl (C=O) groups is 1. The van der Waals surface area contributed by atoms with Crippen LogP contribution in [0.5, 0.6) is 0 Å². The van der Waals surface area contributed by atoms with Crippen molar-refractivity contribution in [2.24, 2.45) is 46.3 Å². The number of hydrogen-bond donors (Lipinski definition) is 0. The van der Waals surface area contributed by atoms with Crippen LogP contribution in [0.1, 0.15) is 98.8 Å². The summed E-state index contributed by atoms with van der Waals surface area (Å²) in [6, 6.07) is 0. The number of esters is 1. The summed E-state index contributed by atoms with van der Waals surface area (Å²) in [5, 5.41) is 0. The number of allylic oxidation sites excluding steroid dienone is 2. The van der Waals surface area contributed by atoms with Gasteiger partial charge in [-0.05, 0) is 111 Å². The number of ether oxygens (including phenoxy) is 1.